The van der Waals surface area contributed by atoms with Gasteiger partial charge in [-0.3, -0.25) is 14.2 Å². The molecule has 0 spiro atoms. The van der Waals surface area contributed by atoms with Gasteiger partial charge in [-0.1, -0.05) is 23.4 Å². The lowest BCUT2D eigenvalue weighted by molar-refractivity contribution is -0.117. The fraction of sp³-hybridized carbons (Fsp3) is 0.190. The van der Waals surface area contributed by atoms with E-state index in [0.717, 1.165) is 6.42 Å². The molecule has 2 amide bonds. The first kappa shape index (κ1) is 20.4. The normalized spacial score (nSPS) is 13.7. The van der Waals surface area contributed by atoms with Crippen molar-refractivity contribution in [3.05, 3.63) is 65.2 Å². The number of hydrogen-bond donors (Lipinski definition) is 1. The number of anilines is 2. The van der Waals surface area contributed by atoms with Crippen LogP contribution in [0, 0.1) is 5.82 Å². The summed E-state index contributed by atoms with van der Waals surface area (Å²) < 4.78 is 15.0. The number of aromatic nitrogens is 2. The van der Waals surface area contributed by atoms with Gasteiger partial charge < -0.3 is 10.2 Å². The van der Waals surface area contributed by atoms with Crippen LogP contribution in [-0.2, 0) is 4.79 Å². The zero-order valence-corrected chi connectivity index (χ0v) is 17.6. The standard InChI is InChI=1S/C21H18ClFN4O2S/c1-30-21-24-12-18(27(21)15-7-4-13(23)5-8-15)20(29)25-14-6-9-17(16(22)11-14)26-10-2-3-19(26)28/h4-9,11-12H,2-3,10H2,1H3,(H,25,29). The van der Waals surface area contributed by atoms with E-state index >= 15 is 0 Å². The minimum atomic E-state index is -0.381. The number of carbonyl (C=O) groups is 2. The zero-order valence-electron chi connectivity index (χ0n) is 16.1. The van der Waals surface area contributed by atoms with E-state index in [1.807, 2.05) is 6.26 Å². The lowest BCUT2D eigenvalue weighted by Gasteiger charge is -2.18. The lowest BCUT2D eigenvalue weighted by Crippen LogP contribution is -2.24. The first-order chi connectivity index (χ1) is 14.5. The van der Waals surface area contributed by atoms with Crippen molar-refractivity contribution in [3.63, 3.8) is 0 Å². The van der Waals surface area contributed by atoms with Crippen LogP contribution in [0.2, 0.25) is 5.02 Å². The predicted molar refractivity (Wildman–Crippen MR) is 116 cm³/mol. The molecule has 0 aliphatic carbocycles. The Balaban J connectivity index is 1.60. The van der Waals surface area contributed by atoms with E-state index in [-0.39, 0.29) is 17.6 Å². The van der Waals surface area contributed by atoms with Crippen LogP contribution in [0.4, 0.5) is 15.8 Å². The Hall–Kier alpha value is -2.84. The fourth-order valence-electron chi connectivity index (χ4n) is 3.38. The Labute approximate surface area is 182 Å². The first-order valence-corrected chi connectivity index (χ1v) is 10.9. The van der Waals surface area contributed by atoms with Gasteiger partial charge in [-0.15, -0.1) is 0 Å². The number of benzene rings is 2. The third-order valence-electron chi connectivity index (χ3n) is 4.80. The maximum absolute atomic E-state index is 13.3. The number of nitrogens with one attached hydrogen (secondary N) is 1. The Morgan fingerprint density at radius 1 is 1.23 bits per heavy atom. The number of imidazole rings is 1. The van der Waals surface area contributed by atoms with Crippen molar-refractivity contribution in [2.45, 2.75) is 18.0 Å². The average molecular weight is 445 g/mol. The zero-order chi connectivity index (χ0) is 21.3. The van der Waals surface area contributed by atoms with Crippen molar-refractivity contribution in [1.29, 1.82) is 0 Å². The van der Waals surface area contributed by atoms with E-state index in [1.165, 1.54) is 30.1 Å². The minimum absolute atomic E-state index is 0.0430. The van der Waals surface area contributed by atoms with Crippen LogP contribution in [0.5, 0.6) is 0 Å². The summed E-state index contributed by atoms with van der Waals surface area (Å²) in [5.41, 5.74) is 2.07. The topological polar surface area (TPSA) is 67.2 Å². The molecule has 4 rings (SSSR count). The molecule has 0 radical (unpaired) electrons. The molecule has 9 heteroatoms. The Morgan fingerprint density at radius 3 is 2.63 bits per heavy atom. The van der Waals surface area contributed by atoms with Crippen LogP contribution in [0.3, 0.4) is 0 Å². The smallest absolute Gasteiger partial charge is 0.274 e. The van der Waals surface area contributed by atoms with E-state index in [2.05, 4.69) is 10.3 Å². The highest BCUT2D eigenvalue weighted by atomic mass is 35.5. The number of rotatable bonds is 5. The van der Waals surface area contributed by atoms with Crippen molar-refractivity contribution >= 4 is 46.6 Å². The highest BCUT2D eigenvalue weighted by Gasteiger charge is 2.24. The summed E-state index contributed by atoms with van der Waals surface area (Å²) in [5.74, 6) is -0.698. The second-order valence-electron chi connectivity index (χ2n) is 6.71. The monoisotopic (exact) mass is 444 g/mol. The third kappa shape index (κ3) is 3.93. The van der Waals surface area contributed by atoms with E-state index in [1.54, 1.807) is 39.8 Å². The van der Waals surface area contributed by atoms with E-state index < -0.39 is 0 Å². The third-order valence-corrected chi connectivity index (χ3v) is 5.76. The van der Waals surface area contributed by atoms with Gasteiger partial charge in [0.1, 0.15) is 11.5 Å². The van der Waals surface area contributed by atoms with Gasteiger partial charge in [-0.05, 0) is 55.1 Å². The molecule has 2 heterocycles. The van der Waals surface area contributed by atoms with E-state index in [0.29, 0.717) is 45.9 Å². The summed E-state index contributed by atoms with van der Waals surface area (Å²) in [5, 5.41) is 3.81. The molecule has 1 saturated heterocycles. The summed E-state index contributed by atoms with van der Waals surface area (Å²) >= 11 is 7.75. The molecular weight excluding hydrogens is 427 g/mol. The molecule has 1 aromatic heterocycles. The molecule has 1 fully saturated rings. The molecular formula is C21H18ClFN4O2S. The fourth-order valence-corrected chi connectivity index (χ4v) is 4.21. The molecule has 6 nitrogen and oxygen atoms in total. The molecule has 0 bridgehead atoms. The molecule has 1 aliphatic rings. The molecule has 0 saturated carbocycles. The average Bonchev–Trinajstić information content (AvgIpc) is 3.35. The maximum atomic E-state index is 13.3. The van der Waals surface area contributed by atoms with Crippen LogP contribution < -0.4 is 10.2 Å². The van der Waals surface area contributed by atoms with E-state index in [4.69, 9.17) is 11.6 Å². The number of halogens is 2. The maximum Gasteiger partial charge on any atom is 0.274 e. The van der Waals surface area contributed by atoms with Crippen molar-refractivity contribution in [3.8, 4) is 5.69 Å². The van der Waals surface area contributed by atoms with E-state index in [9.17, 15) is 14.0 Å². The van der Waals surface area contributed by atoms with Gasteiger partial charge in [0.05, 0.1) is 16.9 Å². The molecule has 1 N–H and O–H groups in total. The summed E-state index contributed by atoms with van der Waals surface area (Å²) in [7, 11) is 0. The summed E-state index contributed by atoms with van der Waals surface area (Å²) in [4.78, 5) is 30.9. The van der Waals surface area contributed by atoms with Crippen LogP contribution in [0.1, 0.15) is 23.3 Å². The van der Waals surface area contributed by atoms with Crippen molar-refractivity contribution in [1.82, 2.24) is 9.55 Å². The van der Waals surface area contributed by atoms with Crippen LogP contribution >= 0.6 is 23.4 Å². The first-order valence-electron chi connectivity index (χ1n) is 9.27. The number of carbonyl (C=O) groups excluding carboxylic acids is 2. The highest BCUT2D eigenvalue weighted by molar-refractivity contribution is 7.98. The van der Waals surface area contributed by atoms with Gasteiger partial charge in [0, 0.05) is 24.3 Å². The summed E-state index contributed by atoms with van der Waals surface area (Å²) in [6.45, 7) is 0.637. The summed E-state index contributed by atoms with van der Waals surface area (Å²) in [6.07, 6.45) is 4.64. The predicted octanol–water partition coefficient (Wildman–Crippen LogP) is 4.77. The van der Waals surface area contributed by atoms with Gasteiger partial charge in [-0.2, -0.15) is 0 Å². The van der Waals surface area contributed by atoms with Gasteiger partial charge in [0.15, 0.2) is 5.16 Å². The SMILES string of the molecule is CSc1ncc(C(=O)Nc2ccc(N3CCCC3=O)c(Cl)c2)n1-c1ccc(F)cc1. The molecule has 154 valence electrons. The number of hydrogen-bond acceptors (Lipinski definition) is 4. The second kappa shape index (κ2) is 8.49. The van der Waals surface area contributed by atoms with Gasteiger partial charge in [-0.25, -0.2) is 9.37 Å². The van der Waals surface area contributed by atoms with Crippen molar-refractivity contribution in [2.24, 2.45) is 0 Å². The van der Waals surface area contributed by atoms with Crippen LogP contribution in [0.15, 0.2) is 53.8 Å². The van der Waals surface area contributed by atoms with Crippen LogP contribution in [0.25, 0.3) is 5.69 Å². The molecule has 2 aromatic carbocycles. The van der Waals surface area contributed by atoms with Crippen molar-refractivity contribution < 1.29 is 14.0 Å². The molecule has 0 unspecified atom stereocenters. The van der Waals surface area contributed by atoms with Gasteiger partial charge in [0.25, 0.3) is 5.91 Å². The number of amides is 2. The quantitative estimate of drug-likeness (QED) is 0.576. The Morgan fingerprint density at radius 2 is 2.00 bits per heavy atom. The molecule has 3 aromatic rings. The van der Waals surface area contributed by atoms with Crippen molar-refractivity contribution in [2.75, 3.05) is 23.0 Å². The molecule has 0 atom stereocenters. The number of nitrogens with zero attached hydrogens (tertiary/aromatic N) is 3. The molecule has 1 aliphatic heterocycles. The lowest BCUT2D eigenvalue weighted by atomic mass is 10.2. The van der Waals surface area contributed by atoms with Gasteiger partial charge >= 0.3 is 0 Å². The largest absolute Gasteiger partial charge is 0.321 e. The Kier molecular flexibility index (Phi) is 5.78. The summed E-state index contributed by atoms with van der Waals surface area (Å²) in [6, 6.07) is 10.9. The second-order valence-corrected chi connectivity index (χ2v) is 7.89. The minimum Gasteiger partial charge on any atom is -0.321 e. The van der Waals surface area contributed by atoms with Gasteiger partial charge in [0.2, 0.25) is 5.91 Å². The molecule has 30 heavy (non-hydrogen) atoms. The Bertz CT molecular complexity index is 1120. The number of thioether (sulfide) groups is 1. The van der Waals surface area contributed by atoms with Crippen LogP contribution in [-0.4, -0.2) is 34.2 Å². The highest BCUT2D eigenvalue weighted by Crippen LogP contribution is 2.32.